The minimum Gasteiger partial charge on any atom is -0.425 e. The Hall–Kier alpha value is -0.710. The van der Waals surface area contributed by atoms with E-state index in [9.17, 15) is 4.57 Å². The molecule has 1 aromatic heterocycles. The third-order valence-electron chi connectivity index (χ3n) is 3.39. The van der Waals surface area contributed by atoms with Gasteiger partial charge in [0.15, 0.2) is 0 Å². The number of aryl methyl sites for hydroxylation is 1. The predicted molar refractivity (Wildman–Crippen MR) is 81.3 cm³/mol. The highest BCUT2D eigenvalue weighted by Gasteiger charge is 2.25. The monoisotopic (exact) mass is 318 g/mol. The SMILES string of the molecule is CCCCCCCCCc1nnc(CP(=O)(OC)OC)o1. The maximum Gasteiger partial charge on any atom is 0.339 e. The number of nitrogens with zero attached hydrogens (tertiary/aromatic N) is 2. The standard InChI is InChI=1S/C14H27N2O4P/c1-4-5-6-7-8-9-10-11-13-15-16-14(20-13)12-21(17,18-2)19-3/h4-12H2,1-3H3. The zero-order valence-corrected chi connectivity index (χ0v) is 14.2. The third-order valence-corrected chi connectivity index (χ3v) is 5.16. The van der Waals surface area contributed by atoms with Crippen molar-refractivity contribution in [1.29, 1.82) is 0 Å². The Balaban J connectivity index is 2.24. The van der Waals surface area contributed by atoms with E-state index in [0.717, 1.165) is 12.8 Å². The van der Waals surface area contributed by atoms with Crippen LogP contribution in [0.5, 0.6) is 0 Å². The van der Waals surface area contributed by atoms with Crippen molar-refractivity contribution in [3.8, 4) is 0 Å². The molecule has 0 bridgehead atoms. The summed E-state index contributed by atoms with van der Waals surface area (Å²) in [5.74, 6) is 0.900. The first kappa shape index (κ1) is 18.3. The highest BCUT2D eigenvalue weighted by molar-refractivity contribution is 7.52. The van der Waals surface area contributed by atoms with Crippen molar-refractivity contribution in [2.75, 3.05) is 14.2 Å². The van der Waals surface area contributed by atoms with Crippen molar-refractivity contribution < 1.29 is 18.0 Å². The summed E-state index contributed by atoms with van der Waals surface area (Å²) in [7, 11) is -0.439. The fourth-order valence-corrected chi connectivity index (χ4v) is 2.92. The molecule has 0 amide bonds. The van der Waals surface area contributed by atoms with Gasteiger partial charge in [-0.25, -0.2) is 0 Å². The van der Waals surface area contributed by atoms with E-state index in [0.29, 0.717) is 11.8 Å². The second-order valence-corrected chi connectivity index (χ2v) is 7.36. The topological polar surface area (TPSA) is 74.5 Å². The molecule has 7 heteroatoms. The van der Waals surface area contributed by atoms with Crippen LogP contribution in [-0.4, -0.2) is 24.4 Å². The summed E-state index contributed by atoms with van der Waals surface area (Å²) in [5.41, 5.74) is 0. The van der Waals surface area contributed by atoms with Gasteiger partial charge in [-0.1, -0.05) is 45.4 Å². The van der Waals surface area contributed by atoms with Crippen LogP contribution in [-0.2, 0) is 26.2 Å². The van der Waals surface area contributed by atoms with E-state index < -0.39 is 7.60 Å². The highest BCUT2D eigenvalue weighted by atomic mass is 31.2. The first-order chi connectivity index (χ1) is 10.1. The molecule has 122 valence electrons. The molecule has 1 aromatic rings. The molecule has 0 atom stereocenters. The van der Waals surface area contributed by atoms with Gasteiger partial charge in [0, 0.05) is 20.6 Å². The molecule has 0 fully saturated rings. The van der Waals surface area contributed by atoms with Crippen LogP contribution >= 0.6 is 7.60 Å². The smallest absolute Gasteiger partial charge is 0.339 e. The van der Waals surface area contributed by atoms with Crippen molar-refractivity contribution in [1.82, 2.24) is 10.2 Å². The first-order valence-electron chi connectivity index (χ1n) is 7.65. The van der Waals surface area contributed by atoms with Crippen LogP contribution in [0.1, 0.15) is 63.7 Å². The van der Waals surface area contributed by atoms with Crippen LogP contribution in [0.4, 0.5) is 0 Å². The first-order valence-corrected chi connectivity index (χ1v) is 9.38. The summed E-state index contributed by atoms with van der Waals surface area (Å²) < 4.78 is 27.1. The van der Waals surface area contributed by atoms with Crippen LogP contribution in [0.2, 0.25) is 0 Å². The van der Waals surface area contributed by atoms with Crippen LogP contribution < -0.4 is 0 Å². The maximum atomic E-state index is 11.9. The Morgan fingerprint density at radius 1 is 0.952 bits per heavy atom. The van der Waals surface area contributed by atoms with Crippen molar-refractivity contribution in [3.63, 3.8) is 0 Å². The number of rotatable bonds is 12. The van der Waals surface area contributed by atoms with Gasteiger partial charge in [-0.15, -0.1) is 10.2 Å². The van der Waals surface area contributed by atoms with E-state index in [4.69, 9.17) is 13.5 Å². The lowest BCUT2D eigenvalue weighted by atomic mass is 10.1. The van der Waals surface area contributed by atoms with Crippen molar-refractivity contribution >= 4 is 7.60 Å². The van der Waals surface area contributed by atoms with Crippen molar-refractivity contribution in [2.24, 2.45) is 0 Å². The molecule has 0 saturated carbocycles. The molecule has 21 heavy (non-hydrogen) atoms. The molecule has 0 N–H and O–H groups in total. The summed E-state index contributed by atoms with van der Waals surface area (Å²) in [5, 5.41) is 7.85. The maximum absolute atomic E-state index is 11.9. The summed E-state index contributed by atoms with van der Waals surface area (Å²) in [6, 6.07) is 0. The zero-order chi connectivity index (χ0) is 15.6. The lowest BCUT2D eigenvalue weighted by Gasteiger charge is -2.10. The number of hydrogen-bond acceptors (Lipinski definition) is 6. The van der Waals surface area contributed by atoms with E-state index in [1.54, 1.807) is 0 Å². The molecule has 0 aromatic carbocycles. The molecular weight excluding hydrogens is 291 g/mol. The highest BCUT2D eigenvalue weighted by Crippen LogP contribution is 2.49. The second-order valence-electron chi connectivity index (χ2n) is 5.10. The number of hydrogen-bond donors (Lipinski definition) is 0. The van der Waals surface area contributed by atoms with Gasteiger partial charge in [0.1, 0.15) is 6.16 Å². The average molecular weight is 318 g/mol. The lowest BCUT2D eigenvalue weighted by molar-refractivity contribution is 0.271. The van der Waals surface area contributed by atoms with E-state index in [-0.39, 0.29) is 6.16 Å². The number of unbranched alkanes of at least 4 members (excludes halogenated alkanes) is 6. The lowest BCUT2D eigenvalue weighted by Crippen LogP contribution is -1.93. The molecule has 0 aliphatic carbocycles. The summed E-state index contributed by atoms with van der Waals surface area (Å²) in [6.45, 7) is 2.22. The van der Waals surface area contributed by atoms with Crippen molar-refractivity contribution in [3.05, 3.63) is 11.8 Å². The quantitative estimate of drug-likeness (QED) is 0.421. The van der Waals surface area contributed by atoms with Gasteiger partial charge in [-0.3, -0.25) is 4.57 Å². The fourth-order valence-electron chi connectivity index (χ4n) is 2.06. The minimum atomic E-state index is -3.13. The fraction of sp³-hybridized carbons (Fsp3) is 0.857. The summed E-state index contributed by atoms with van der Waals surface area (Å²) in [6.07, 6.45) is 9.48. The molecule has 0 radical (unpaired) electrons. The second kappa shape index (κ2) is 10.1. The average Bonchev–Trinajstić information content (AvgIpc) is 2.93. The Kier molecular flexibility index (Phi) is 8.81. The van der Waals surface area contributed by atoms with Gasteiger partial charge in [0.05, 0.1) is 0 Å². The molecule has 0 aliphatic rings. The van der Waals surface area contributed by atoms with Crippen LogP contribution in [0, 0.1) is 0 Å². The molecule has 0 spiro atoms. The van der Waals surface area contributed by atoms with E-state index in [1.807, 2.05) is 0 Å². The Morgan fingerprint density at radius 3 is 2.14 bits per heavy atom. The van der Waals surface area contributed by atoms with E-state index >= 15 is 0 Å². The number of aromatic nitrogens is 2. The van der Waals surface area contributed by atoms with E-state index in [1.165, 1.54) is 52.7 Å². The molecule has 0 saturated heterocycles. The van der Waals surface area contributed by atoms with Crippen LogP contribution in [0.3, 0.4) is 0 Å². The molecular formula is C14H27N2O4P. The van der Waals surface area contributed by atoms with Gasteiger partial charge in [0.2, 0.25) is 11.8 Å². The van der Waals surface area contributed by atoms with Gasteiger partial charge < -0.3 is 13.5 Å². The molecule has 1 heterocycles. The predicted octanol–water partition coefficient (Wildman–Crippen LogP) is 4.35. The Bertz CT molecular complexity index is 428. The Labute approximate surface area is 127 Å². The molecule has 0 aliphatic heterocycles. The molecule has 6 nitrogen and oxygen atoms in total. The summed E-state index contributed by atoms with van der Waals surface area (Å²) >= 11 is 0. The van der Waals surface area contributed by atoms with Gasteiger partial charge in [-0.05, 0) is 6.42 Å². The van der Waals surface area contributed by atoms with Gasteiger partial charge >= 0.3 is 7.60 Å². The van der Waals surface area contributed by atoms with Crippen LogP contribution in [0.15, 0.2) is 4.42 Å². The van der Waals surface area contributed by atoms with E-state index in [2.05, 4.69) is 17.1 Å². The largest absolute Gasteiger partial charge is 0.425 e. The third kappa shape index (κ3) is 7.21. The van der Waals surface area contributed by atoms with Gasteiger partial charge in [0.25, 0.3) is 0 Å². The molecule has 1 rings (SSSR count). The van der Waals surface area contributed by atoms with Crippen molar-refractivity contribution in [2.45, 2.75) is 64.5 Å². The zero-order valence-electron chi connectivity index (χ0n) is 13.3. The minimum absolute atomic E-state index is 0.0179. The van der Waals surface area contributed by atoms with Gasteiger partial charge in [-0.2, -0.15) is 0 Å². The summed E-state index contributed by atoms with van der Waals surface area (Å²) in [4.78, 5) is 0. The Morgan fingerprint density at radius 2 is 1.52 bits per heavy atom. The molecule has 0 unspecified atom stereocenters. The normalized spacial score (nSPS) is 12.0. The van der Waals surface area contributed by atoms with Crippen LogP contribution in [0.25, 0.3) is 0 Å².